The minimum absolute atomic E-state index is 0.0420. The minimum atomic E-state index is -3.24. The van der Waals surface area contributed by atoms with E-state index in [0.717, 1.165) is 6.26 Å². The van der Waals surface area contributed by atoms with Crippen molar-refractivity contribution >= 4 is 10.0 Å². The van der Waals surface area contributed by atoms with Crippen molar-refractivity contribution in [3.63, 3.8) is 0 Å². The highest BCUT2D eigenvalue weighted by molar-refractivity contribution is 7.88. The summed E-state index contributed by atoms with van der Waals surface area (Å²) in [6.07, 6.45) is 1.04. The molecule has 0 heterocycles. The third-order valence-corrected chi connectivity index (χ3v) is 1.84. The van der Waals surface area contributed by atoms with Crippen LogP contribution in [0.3, 0.4) is 0 Å². The van der Waals surface area contributed by atoms with Crippen molar-refractivity contribution in [3.8, 4) is 0 Å². The van der Waals surface area contributed by atoms with Gasteiger partial charge in [-0.05, 0) is 6.92 Å². The molecule has 0 aliphatic rings. The molecular weight excluding hydrogens is 182 g/mol. The number of sulfonamides is 1. The van der Waals surface area contributed by atoms with Crippen LogP contribution < -0.4 is 4.72 Å². The van der Waals surface area contributed by atoms with E-state index in [1.165, 1.54) is 14.0 Å². The van der Waals surface area contributed by atoms with E-state index in [9.17, 15) is 13.5 Å². The van der Waals surface area contributed by atoms with Crippen LogP contribution in [0.5, 0.6) is 0 Å². The molecule has 0 saturated carbocycles. The van der Waals surface area contributed by atoms with Gasteiger partial charge in [0, 0.05) is 13.7 Å². The molecule has 6 heteroatoms. The molecule has 1 atom stereocenters. The molecule has 0 spiro atoms. The molecule has 0 aliphatic carbocycles. The zero-order chi connectivity index (χ0) is 9.83. The fraction of sp³-hybridized carbons (Fsp3) is 1.00. The van der Waals surface area contributed by atoms with Crippen molar-refractivity contribution in [1.82, 2.24) is 4.72 Å². The number of rotatable bonds is 5. The standard InChI is InChI=1S/C6H15NO4S/c1-6(8,5-11-2)4-7-12(3,9)10/h7-8H,4-5H2,1-3H3. The van der Waals surface area contributed by atoms with Crippen LogP contribution in [-0.4, -0.2) is 45.6 Å². The molecule has 74 valence electrons. The highest BCUT2D eigenvalue weighted by atomic mass is 32.2. The lowest BCUT2D eigenvalue weighted by molar-refractivity contribution is -0.0119. The van der Waals surface area contributed by atoms with Gasteiger partial charge in [0.2, 0.25) is 10.0 Å². The molecule has 0 fully saturated rings. The highest BCUT2D eigenvalue weighted by Gasteiger charge is 2.21. The number of hydrogen-bond donors (Lipinski definition) is 2. The fourth-order valence-corrected chi connectivity index (χ4v) is 1.22. The molecule has 0 amide bonds. The first-order valence-electron chi connectivity index (χ1n) is 3.43. The van der Waals surface area contributed by atoms with Crippen LogP contribution in [0, 0.1) is 0 Å². The summed E-state index contributed by atoms with van der Waals surface area (Å²) in [5.74, 6) is 0. The summed E-state index contributed by atoms with van der Waals surface area (Å²) < 4.78 is 28.1. The molecule has 2 N–H and O–H groups in total. The van der Waals surface area contributed by atoms with Gasteiger partial charge < -0.3 is 9.84 Å². The van der Waals surface area contributed by atoms with E-state index in [2.05, 4.69) is 9.46 Å². The predicted molar refractivity (Wildman–Crippen MR) is 45.3 cm³/mol. The molecule has 1 unspecified atom stereocenters. The Balaban J connectivity index is 3.92. The summed E-state index contributed by atoms with van der Waals surface area (Å²) in [5.41, 5.74) is -1.15. The van der Waals surface area contributed by atoms with Crippen LogP contribution >= 0.6 is 0 Å². The molecule has 0 aromatic carbocycles. The summed E-state index contributed by atoms with van der Waals surface area (Å²) in [6.45, 7) is 1.55. The quantitative estimate of drug-likeness (QED) is 0.588. The van der Waals surface area contributed by atoms with Crippen molar-refractivity contribution in [2.45, 2.75) is 12.5 Å². The van der Waals surface area contributed by atoms with Gasteiger partial charge >= 0.3 is 0 Å². The number of hydrogen-bond acceptors (Lipinski definition) is 4. The molecule has 0 saturated heterocycles. The van der Waals surface area contributed by atoms with Gasteiger partial charge in [0.05, 0.1) is 18.5 Å². The van der Waals surface area contributed by atoms with Crippen LogP contribution in [0.1, 0.15) is 6.92 Å². The first-order valence-corrected chi connectivity index (χ1v) is 5.32. The minimum Gasteiger partial charge on any atom is -0.386 e. The van der Waals surface area contributed by atoms with Crippen LogP contribution in [0.25, 0.3) is 0 Å². The Labute approximate surface area is 72.8 Å². The average molecular weight is 197 g/mol. The molecule has 5 nitrogen and oxygen atoms in total. The number of nitrogens with one attached hydrogen (secondary N) is 1. The van der Waals surface area contributed by atoms with Crippen LogP contribution in [0.15, 0.2) is 0 Å². The van der Waals surface area contributed by atoms with Crippen LogP contribution in [-0.2, 0) is 14.8 Å². The second kappa shape index (κ2) is 4.18. The maximum Gasteiger partial charge on any atom is 0.208 e. The zero-order valence-corrected chi connectivity index (χ0v) is 8.31. The second-order valence-electron chi connectivity index (χ2n) is 3.02. The number of aliphatic hydroxyl groups is 1. The van der Waals surface area contributed by atoms with E-state index in [-0.39, 0.29) is 13.2 Å². The van der Waals surface area contributed by atoms with Gasteiger partial charge in [0.1, 0.15) is 0 Å². The zero-order valence-electron chi connectivity index (χ0n) is 7.49. The molecule has 0 bridgehead atoms. The smallest absolute Gasteiger partial charge is 0.208 e. The van der Waals surface area contributed by atoms with Gasteiger partial charge in [-0.2, -0.15) is 0 Å². The molecule has 0 aromatic heterocycles. The maximum atomic E-state index is 10.6. The van der Waals surface area contributed by atoms with E-state index >= 15 is 0 Å². The first kappa shape index (κ1) is 11.8. The van der Waals surface area contributed by atoms with E-state index < -0.39 is 15.6 Å². The summed E-state index contributed by atoms with van der Waals surface area (Å²) in [7, 11) is -1.80. The molecule has 0 aromatic rings. The Morgan fingerprint density at radius 3 is 2.42 bits per heavy atom. The van der Waals surface area contributed by atoms with Crippen molar-refractivity contribution in [1.29, 1.82) is 0 Å². The third-order valence-electron chi connectivity index (χ3n) is 1.17. The molecule has 12 heavy (non-hydrogen) atoms. The monoisotopic (exact) mass is 197 g/mol. The van der Waals surface area contributed by atoms with Crippen molar-refractivity contribution < 1.29 is 18.3 Å². The van der Waals surface area contributed by atoms with Crippen molar-refractivity contribution in [3.05, 3.63) is 0 Å². The van der Waals surface area contributed by atoms with Gasteiger partial charge in [-0.1, -0.05) is 0 Å². The summed E-state index contributed by atoms with van der Waals surface area (Å²) in [4.78, 5) is 0. The summed E-state index contributed by atoms with van der Waals surface area (Å²) in [6, 6.07) is 0. The van der Waals surface area contributed by atoms with Gasteiger partial charge in [-0.25, -0.2) is 13.1 Å². The van der Waals surface area contributed by atoms with Gasteiger partial charge in [0.15, 0.2) is 0 Å². The third kappa shape index (κ3) is 6.53. The van der Waals surface area contributed by atoms with Crippen molar-refractivity contribution in [2.24, 2.45) is 0 Å². The first-order chi connectivity index (χ1) is 5.27. The number of ether oxygens (including phenoxy) is 1. The fourth-order valence-electron chi connectivity index (χ4n) is 0.649. The second-order valence-corrected chi connectivity index (χ2v) is 4.86. The highest BCUT2D eigenvalue weighted by Crippen LogP contribution is 2.01. The van der Waals surface area contributed by atoms with Crippen LogP contribution in [0.2, 0.25) is 0 Å². The topological polar surface area (TPSA) is 75.6 Å². The van der Waals surface area contributed by atoms with E-state index in [1.807, 2.05) is 0 Å². The normalized spacial score (nSPS) is 17.3. The summed E-state index contributed by atoms with van der Waals surface area (Å²) in [5, 5.41) is 9.43. The van der Waals surface area contributed by atoms with E-state index in [1.54, 1.807) is 0 Å². The maximum absolute atomic E-state index is 10.6. The summed E-state index contributed by atoms with van der Waals surface area (Å²) >= 11 is 0. The Morgan fingerprint density at radius 1 is 1.58 bits per heavy atom. The van der Waals surface area contributed by atoms with Gasteiger partial charge in [-0.3, -0.25) is 0 Å². The lowest BCUT2D eigenvalue weighted by Gasteiger charge is -2.21. The Kier molecular flexibility index (Phi) is 4.12. The van der Waals surface area contributed by atoms with Crippen LogP contribution in [0.4, 0.5) is 0 Å². The molecule has 0 radical (unpaired) electrons. The van der Waals surface area contributed by atoms with E-state index in [0.29, 0.717) is 0 Å². The SMILES string of the molecule is COCC(C)(O)CNS(C)(=O)=O. The largest absolute Gasteiger partial charge is 0.386 e. The van der Waals surface area contributed by atoms with E-state index in [4.69, 9.17) is 0 Å². The molecule has 0 rings (SSSR count). The average Bonchev–Trinajstić information content (AvgIpc) is 1.83. The Hall–Kier alpha value is -0.170. The van der Waals surface area contributed by atoms with Gasteiger partial charge in [-0.15, -0.1) is 0 Å². The lowest BCUT2D eigenvalue weighted by Crippen LogP contribution is -2.43. The predicted octanol–water partition coefficient (Wildman–Crippen LogP) is -1.07. The van der Waals surface area contributed by atoms with Gasteiger partial charge in [0.25, 0.3) is 0 Å². The van der Waals surface area contributed by atoms with Crippen molar-refractivity contribution in [2.75, 3.05) is 26.5 Å². The lowest BCUT2D eigenvalue weighted by atomic mass is 10.1. The Morgan fingerprint density at radius 2 is 2.08 bits per heavy atom. The molecular formula is C6H15NO4S. The Bertz CT molecular complexity index is 222. The number of methoxy groups -OCH3 is 1. The molecule has 0 aliphatic heterocycles.